The molecular weight excluding hydrogens is 312 g/mol. The highest BCUT2D eigenvalue weighted by Crippen LogP contribution is 2.25. The molecule has 1 saturated heterocycles. The standard InChI is InChI=1S/C17H24N2O3S/c1-4-14(20)12-7-5-8-13(11-12)22-10-6-9-19-16(23)18-15(21)17(19,2)3/h5,7-8,11,16,23H,4,6,9-10H2,1-3H3,(H,18,21). The van der Waals surface area contributed by atoms with Gasteiger partial charge in [-0.3, -0.25) is 14.5 Å². The van der Waals surface area contributed by atoms with E-state index >= 15 is 0 Å². The minimum absolute atomic E-state index is 0.0100. The molecule has 1 heterocycles. The second-order valence-corrected chi connectivity index (χ2v) is 6.60. The van der Waals surface area contributed by atoms with Crippen LogP contribution in [-0.2, 0) is 4.79 Å². The number of ether oxygens (including phenoxy) is 1. The second-order valence-electron chi connectivity index (χ2n) is 6.11. The van der Waals surface area contributed by atoms with Crippen molar-refractivity contribution in [1.82, 2.24) is 10.2 Å². The van der Waals surface area contributed by atoms with Crippen LogP contribution in [0.2, 0.25) is 0 Å². The van der Waals surface area contributed by atoms with Crippen molar-refractivity contribution in [2.24, 2.45) is 0 Å². The molecule has 0 bridgehead atoms. The minimum atomic E-state index is -0.556. The lowest BCUT2D eigenvalue weighted by Gasteiger charge is -2.30. The van der Waals surface area contributed by atoms with E-state index in [1.165, 1.54) is 0 Å². The fourth-order valence-electron chi connectivity index (χ4n) is 2.60. The van der Waals surface area contributed by atoms with E-state index in [0.717, 1.165) is 6.42 Å². The largest absolute Gasteiger partial charge is 0.494 e. The summed E-state index contributed by atoms with van der Waals surface area (Å²) in [5.41, 5.74) is -0.140. The Kier molecular flexibility index (Phi) is 5.70. The third-order valence-electron chi connectivity index (χ3n) is 4.12. The first-order valence-corrected chi connectivity index (χ1v) is 8.39. The van der Waals surface area contributed by atoms with Crippen LogP contribution in [0.3, 0.4) is 0 Å². The molecular formula is C17H24N2O3S. The summed E-state index contributed by atoms with van der Waals surface area (Å²) >= 11 is 4.39. The number of ketones is 1. The molecule has 1 aromatic carbocycles. The lowest BCUT2D eigenvalue weighted by molar-refractivity contribution is -0.125. The highest BCUT2D eigenvalue weighted by Gasteiger charge is 2.44. The molecule has 1 unspecified atom stereocenters. The van der Waals surface area contributed by atoms with Crippen LogP contribution in [0, 0.1) is 0 Å². The van der Waals surface area contributed by atoms with Gasteiger partial charge in [-0.2, -0.15) is 0 Å². The van der Waals surface area contributed by atoms with Crippen molar-refractivity contribution in [2.45, 2.75) is 44.6 Å². The van der Waals surface area contributed by atoms with Gasteiger partial charge in [0.1, 0.15) is 11.2 Å². The zero-order valence-electron chi connectivity index (χ0n) is 13.8. The molecule has 1 aromatic rings. The smallest absolute Gasteiger partial charge is 0.241 e. The summed E-state index contributed by atoms with van der Waals surface area (Å²) in [6.45, 7) is 6.84. The maximum absolute atomic E-state index is 11.8. The van der Waals surface area contributed by atoms with E-state index in [2.05, 4.69) is 17.9 Å². The third kappa shape index (κ3) is 4.06. The SMILES string of the molecule is CCC(=O)c1cccc(OCCCN2C(S)NC(=O)C2(C)C)c1. The number of nitrogens with one attached hydrogen (secondary N) is 1. The number of carbonyl (C=O) groups is 2. The Labute approximate surface area is 142 Å². The van der Waals surface area contributed by atoms with Crippen LogP contribution >= 0.6 is 12.6 Å². The number of thiol groups is 1. The summed E-state index contributed by atoms with van der Waals surface area (Å²) < 4.78 is 5.72. The van der Waals surface area contributed by atoms with Gasteiger partial charge in [0.05, 0.1) is 12.1 Å². The Morgan fingerprint density at radius 3 is 2.78 bits per heavy atom. The van der Waals surface area contributed by atoms with Crippen LogP contribution in [0.1, 0.15) is 44.0 Å². The van der Waals surface area contributed by atoms with Crippen molar-refractivity contribution >= 4 is 24.3 Å². The number of benzene rings is 1. The molecule has 6 heteroatoms. The van der Waals surface area contributed by atoms with Gasteiger partial charge in [-0.1, -0.05) is 19.1 Å². The zero-order chi connectivity index (χ0) is 17.0. The predicted octanol–water partition coefficient (Wildman–Crippen LogP) is 2.47. The van der Waals surface area contributed by atoms with Gasteiger partial charge >= 0.3 is 0 Å². The number of nitrogens with zero attached hydrogens (tertiary/aromatic N) is 1. The Hall–Kier alpha value is -1.53. The molecule has 5 nitrogen and oxygen atoms in total. The third-order valence-corrected chi connectivity index (χ3v) is 4.53. The van der Waals surface area contributed by atoms with Gasteiger partial charge in [0.15, 0.2) is 5.78 Å². The van der Waals surface area contributed by atoms with Gasteiger partial charge < -0.3 is 10.1 Å². The Bertz CT molecular complexity index is 589. The lowest BCUT2D eigenvalue weighted by atomic mass is 10.0. The first-order chi connectivity index (χ1) is 10.9. The van der Waals surface area contributed by atoms with Gasteiger partial charge in [-0.05, 0) is 32.4 Å². The fourth-order valence-corrected chi connectivity index (χ4v) is 3.12. The zero-order valence-corrected chi connectivity index (χ0v) is 14.7. The van der Waals surface area contributed by atoms with Crippen molar-refractivity contribution in [2.75, 3.05) is 13.2 Å². The molecule has 1 amide bonds. The summed E-state index contributed by atoms with van der Waals surface area (Å²) in [6, 6.07) is 7.25. The van der Waals surface area contributed by atoms with E-state index in [4.69, 9.17) is 4.74 Å². The molecule has 0 aromatic heterocycles. The van der Waals surface area contributed by atoms with Gasteiger partial charge in [0.2, 0.25) is 5.91 Å². The average molecular weight is 336 g/mol. The molecule has 0 radical (unpaired) electrons. The number of hydrogen-bond acceptors (Lipinski definition) is 5. The monoisotopic (exact) mass is 336 g/mol. The topological polar surface area (TPSA) is 58.6 Å². The van der Waals surface area contributed by atoms with E-state index in [1.807, 2.05) is 37.8 Å². The minimum Gasteiger partial charge on any atom is -0.494 e. The van der Waals surface area contributed by atoms with E-state index in [0.29, 0.717) is 30.9 Å². The maximum atomic E-state index is 11.8. The second kappa shape index (κ2) is 7.36. The predicted molar refractivity (Wildman–Crippen MR) is 92.9 cm³/mol. The first kappa shape index (κ1) is 17.8. The number of Topliss-reactive ketones (excluding diaryl/α,β-unsaturated/α-hetero) is 1. The number of rotatable bonds is 7. The summed E-state index contributed by atoms with van der Waals surface area (Å²) in [7, 11) is 0. The van der Waals surface area contributed by atoms with Gasteiger partial charge in [0.25, 0.3) is 0 Å². The fraction of sp³-hybridized carbons (Fsp3) is 0.529. The van der Waals surface area contributed by atoms with E-state index < -0.39 is 5.54 Å². The molecule has 0 saturated carbocycles. The molecule has 1 aliphatic heterocycles. The van der Waals surface area contributed by atoms with E-state index in [1.54, 1.807) is 12.1 Å². The summed E-state index contributed by atoms with van der Waals surface area (Å²) in [6.07, 6.45) is 1.25. The van der Waals surface area contributed by atoms with Gasteiger partial charge in [-0.25, -0.2) is 0 Å². The van der Waals surface area contributed by atoms with Crippen molar-refractivity contribution in [1.29, 1.82) is 0 Å². The summed E-state index contributed by atoms with van der Waals surface area (Å²) in [4.78, 5) is 25.5. The number of amides is 1. The first-order valence-electron chi connectivity index (χ1n) is 7.88. The normalized spacial score (nSPS) is 20.3. The summed E-state index contributed by atoms with van der Waals surface area (Å²) in [5, 5.41) is 2.81. The number of hydrogen-bond donors (Lipinski definition) is 2. The molecule has 1 N–H and O–H groups in total. The van der Waals surface area contributed by atoms with Crippen LogP contribution in [0.5, 0.6) is 5.75 Å². The molecule has 1 fully saturated rings. The molecule has 1 atom stereocenters. The van der Waals surface area contributed by atoms with Crippen LogP contribution in [0.25, 0.3) is 0 Å². The average Bonchev–Trinajstić information content (AvgIpc) is 2.72. The van der Waals surface area contributed by atoms with Crippen molar-refractivity contribution in [3.63, 3.8) is 0 Å². The van der Waals surface area contributed by atoms with E-state index in [-0.39, 0.29) is 17.2 Å². The van der Waals surface area contributed by atoms with Crippen LogP contribution in [0.4, 0.5) is 0 Å². The van der Waals surface area contributed by atoms with E-state index in [9.17, 15) is 9.59 Å². The Morgan fingerprint density at radius 2 is 2.17 bits per heavy atom. The molecule has 0 spiro atoms. The highest BCUT2D eigenvalue weighted by atomic mass is 32.1. The maximum Gasteiger partial charge on any atom is 0.241 e. The summed E-state index contributed by atoms with van der Waals surface area (Å²) in [5.74, 6) is 0.794. The molecule has 126 valence electrons. The van der Waals surface area contributed by atoms with Gasteiger partial charge in [-0.15, -0.1) is 12.6 Å². The van der Waals surface area contributed by atoms with Crippen LogP contribution in [-0.4, -0.2) is 40.8 Å². The lowest BCUT2D eigenvalue weighted by Crippen LogP contribution is -2.45. The van der Waals surface area contributed by atoms with Crippen molar-refractivity contribution < 1.29 is 14.3 Å². The Balaban J connectivity index is 1.84. The van der Waals surface area contributed by atoms with Crippen LogP contribution < -0.4 is 10.1 Å². The molecule has 0 aliphatic carbocycles. The Morgan fingerprint density at radius 1 is 1.43 bits per heavy atom. The van der Waals surface area contributed by atoms with Crippen LogP contribution in [0.15, 0.2) is 24.3 Å². The molecule has 23 heavy (non-hydrogen) atoms. The van der Waals surface area contributed by atoms with Crippen molar-refractivity contribution in [3.05, 3.63) is 29.8 Å². The number of carbonyl (C=O) groups excluding carboxylic acids is 2. The highest BCUT2D eigenvalue weighted by molar-refractivity contribution is 7.80. The quantitative estimate of drug-likeness (QED) is 0.456. The molecule has 1 aliphatic rings. The van der Waals surface area contributed by atoms with Gasteiger partial charge in [0, 0.05) is 18.5 Å². The van der Waals surface area contributed by atoms with Crippen molar-refractivity contribution in [3.8, 4) is 5.75 Å². The molecule has 2 rings (SSSR count).